The van der Waals surface area contributed by atoms with Crippen molar-refractivity contribution in [3.05, 3.63) is 16.6 Å². The average Bonchev–Trinajstić information content (AvgIpc) is 3.08. The molecule has 1 aromatic heterocycles. The van der Waals surface area contributed by atoms with Gasteiger partial charge in [0.15, 0.2) is 5.96 Å². The van der Waals surface area contributed by atoms with Crippen molar-refractivity contribution in [2.24, 2.45) is 10.9 Å². The zero-order valence-corrected chi connectivity index (χ0v) is 17.2. The maximum Gasteiger partial charge on any atom is 0.311 e. The highest BCUT2D eigenvalue weighted by atomic mass is 127. The molecule has 0 radical (unpaired) electrons. The van der Waals surface area contributed by atoms with E-state index >= 15 is 0 Å². The van der Waals surface area contributed by atoms with E-state index in [0.29, 0.717) is 13.1 Å². The Hall–Kier alpha value is -0.900. The molecule has 8 heteroatoms. The number of nitrogens with one attached hydrogen (secondary N) is 1. The van der Waals surface area contributed by atoms with Crippen LogP contribution in [-0.4, -0.2) is 47.6 Å². The van der Waals surface area contributed by atoms with E-state index in [0.717, 1.165) is 23.9 Å². The van der Waals surface area contributed by atoms with Crippen LogP contribution in [0.5, 0.6) is 0 Å². The zero-order valence-electron chi connectivity index (χ0n) is 14.0. The number of rotatable bonds is 3. The SMILES string of the molecule is CN=C(NCc1nccs1)N1CCC(C(=O)OC(C)(C)C)C1.I. The molecule has 0 bridgehead atoms. The Kier molecular flexibility index (Phi) is 7.72. The number of carbonyl (C=O) groups excluding carboxylic acids is 1. The molecule has 0 saturated carbocycles. The van der Waals surface area contributed by atoms with Crippen LogP contribution in [0.4, 0.5) is 0 Å². The molecule has 1 atom stereocenters. The number of thiazole rings is 1. The van der Waals surface area contributed by atoms with E-state index in [9.17, 15) is 4.79 Å². The molecule has 0 amide bonds. The number of nitrogens with zero attached hydrogens (tertiary/aromatic N) is 3. The van der Waals surface area contributed by atoms with Crippen LogP contribution in [0.3, 0.4) is 0 Å². The number of guanidine groups is 1. The second kappa shape index (κ2) is 8.81. The lowest BCUT2D eigenvalue weighted by Gasteiger charge is -2.23. The Morgan fingerprint density at radius 2 is 2.30 bits per heavy atom. The fourth-order valence-electron chi connectivity index (χ4n) is 2.36. The number of hydrogen-bond donors (Lipinski definition) is 1. The third-order valence-corrected chi connectivity index (χ3v) is 4.10. The summed E-state index contributed by atoms with van der Waals surface area (Å²) in [5, 5.41) is 6.26. The van der Waals surface area contributed by atoms with Gasteiger partial charge in [0.25, 0.3) is 0 Å². The lowest BCUT2D eigenvalue weighted by atomic mass is 10.1. The van der Waals surface area contributed by atoms with E-state index in [4.69, 9.17) is 4.74 Å². The Balaban J connectivity index is 0.00000264. The molecule has 1 fully saturated rings. The summed E-state index contributed by atoms with van der Waals surface area (Å²) in [4.78, 5) is 22.8. The summed E-state index contributed by atoms with van der Waals surface area (Å²) in [6.07, 6.45) is 2.59. The molecule has 130 valence electrons. The summed E-state index contributed by atoms with van der Waals surface area (Å²) >= 11 is 1.61. The van der Waals surface area contributed by atoms with Crippen molar-refractivity contribution in [2.45, 2.75) is 39.3 Å². The molecule has 1 saturated heterocycles. The number of aromatic nitrogens is 1. The molecule has 2 heterocycles. The monoisotopic (exact) mass is 452 g/mol. The molecule has 0 aromatic carbocycles. The van der Waals surface area contributed by atoms with E-state index in [-0.39, 0.29) is 35.9 Å². The van der Waals surface area contributed by atoms with Gasteiger partial charge in [-0.2, -0.15) is 0 Å². The first-order chi connectivity index (χ1) is 10.4. The summed E-state index contributed by atoms with van der Waals surface area (Å²) in [5.74, 6) is 0.601. The van der Waals surface area contributed by atoms with Crippen LogP contribution in [0.2, 0.25) is 0 Å². The van der Waals surface area contributed by atoms with Crippen molar-refractivity contribution in [3.8, 4) is 0 Å². The largest absolute Gasteiger partial charge is 0.460 e. The highest BCUT2D eigenvalue weighted by Gasteiger charge is 2.33. The van der Waals surface area contributed by atoms with Gasteiger partial charge < -0.3 is 15.0 Å². The third-order valence-electron chi connectivity index (χ3n) is 3.32. The minimum Gasteiger partial charge on any atom is -0.460 e. The molecule has 23 heavy (non-hydrogen) atoms. The van der Waals surface area contributed by atoms with E-state index in [1.807, 2.05) is 26.2 Å². The Labute approximate surface area is 158 Å². The van der Waals surface area contributed by atoms with Crippen LogP contribution in [0, 0.1) is 5.92 Å². The Morgan fingerprint density at radius 3 is 2.87 bits per heavy atom. The van der Waals surface area contributed by atoms with Crippen LogP contribution >= 0.6 is 35.3 Å². The molecular formula is C15H25IN4O2S. The number of carbonyl (C=O) groups is 1. The summed E-state index contributed by atoms with van der Waals surface area (Å²) in [7, 11) is 1.75. The normalized spacial score (nSPS) is 18.5. The Morgan fingerprint density at radius 1 is 1.57 bits per heavy atom. The molecule has 0 spiro atoms. The molecule has 1 aliphatic rings. The predicted octanol–water partition coefficient (Wildman–Crippen LogP) is 2.50. The van der Waals surface area contributed by atoms with Crippen molar-refractivity contribution in [1.82, 2.24) is 15.2 Å². The highest BCUT2D eigenvalue weighted by molar-refractivity contribution is 14.0. The highest BCUT2D eigenvalue weighted by Crippen LogP contribution is 2.21. The van der Waals surface area contributed by atoms with Gasteiger partial charge in [0.2, 0.25) is 0 Å². The first-order valence-corrected chi connectivity index (χ1v) is 8.34. The van der Waals surface area contributed by atoms with Gasteiger partial charge in [0, 0.05) is 31.7 Å². The van der Waals surface area contributed by atoms with E-state index in [1.54, 1.807) is 24.6 Å². The molecule has 1 unspecified atom stereocenters. The lowest BCUT2D eigenvalue weighted by Crippen LogP contribution is -2.40. The second-order valence-electron chi connectivity index (χ2n) is 6.29. The second-order valence-corrected chi connectivity index (χ2v) is 7.27. The quantitative estimate of drug-likeness (QED) is 0.331. The number of halogens is 1. The summed E-state index contributed by atoms with van der Waals surface area (Å²) in [6.45, 7) is 7.79. The van der Waals surface area contributed by atoms with Crippen molar-refractivity contribution in [2.75, 3.05) is 20.1 Å². The number of aliphatic imine (C=N–C) groups is 1. The smallest absolute Gasteiger partial charge is 0.311 e. The first-order valence-electron chi connectivity index (χ1n) is 7.46. The fourth-order valence-corrected chi connectivity index (χ4v) is 2.91. The number of esters is 1. The zero-order chi connectivity index (χ0) is 16.2. The first kappa shape index (κ1) is 20.1. The summed E-state index contributed by atoms with van der Waals surface area (Å²) in [5.41, 5.74) is -0.435. The van der Waals surface area contributed by atoms with Crippen LogP contribution in [-0.2, 0) is 16.1 Å². The van der Waals surface area contributed by atoms with Crippen molar-refractivity contribution in [3.63, 3.8) is 0 Å². The fraction of sp³-hybridized carbons (Fsp3) is 0.667. The molecule has 2 rings (SSSR count). The number of hydrogen-bond acceptors (Lipinski definition) is 5. The molecule has 6 nitrogen and oxygen atoms in total. The van der Waals surface area contributed by atoms with Crippen molar-refractivity contribution in [1.29, 1.82) is 0 Å². The third kappa shape index (κ3) is 6.25. The van der Waals surface area contributed by atoms with E-state index in [2.05, 4.69) is 20.2 Å². The number of likely N-dealkylation sites (tertiary alicyclic amines) is 1. The molecule has 0 aliphatic carbocycles. The van der Waals surface area contributed by atoms with Crippen LogP contribution in [0.1, 0.15) is 32.2 Å². The van der Waals surface area contributed by atoms with Gasteiger partial charge in [-0.05, 0) is 27.2 Å². The van der Waals surface area contributed by atoms with Gasteiger partial charge in [0.05, 0.1) is 12.5 Å². The predicted molar refractivity (Wildman–Crippen MR) is 103 cm³/mol. The molecule has 1 N–H and O–H groups in total. The van der Waals surface area contributed by atoms with Gasteiger partial charge >= 0.3 is 5.97 Å². The van der Waals surface area contributed by atoms with Crippen molar-refractivity contribution >= 4 is 47.2 Å². The average molecular weight is 452 g/mol. The maximum atomic E-state index is 12.1. The standard InChI is InChI=1S/C15H24N4O2S.HI/c1-15(2,3)21-13(20)11-5-7-19(10-11)14(16-4)18-9-12-17-6-8-22-12;/h6,8,11H,5,7,9-10H2,1-4H3,(H,16,18);1H. The van der Waals surface area contributed by atoms with Crippen LogP contribution < -0.4 is 5.32 Å². The molecule has 1 aromatic rings. The van der Waals surface area contributed by atoms with Crippen LogP contribution in [0.15, 0.2) is 16.6 Å². The van der Waals surface area contributed by atoms with Gasteiger partial charge in [-0.15, -0.1) is 35.3 Å². The van der Waals surface area contributed by atoms with Gasteiger partial charge in [-0.1, -0.05) is 0 Å². The minimum absolute atomic E-state index is 0. The van der Waals surface area contributed by atoms with E-state index in [1.165, 1.54) is 0 Å². The van der Waals surface area contributed by atoms with Gasteiger partial charge in [-0.25, -0.2) is 4.98 Å². The minimum atomic E-state index is -0.435. The summed E-state index contributed by atoms with van der Waals surface area (Å²) in [6, 6.07) is 0. The van der Waals surface area contributed by atoms with Crippen molar-refractivity contribution < 1.29 is 9.53 Å². The van der Waals surface area contributed by atoms with E-state index < -0.39 is 5.60 Å². The topological polar surface area (TPSA) is 66.8 Å². The molecule has 1 aliphatic heterocycles. The van der Waals surface area contributed by atoms with Gasteiger partial charge in [0.1, 0.15) is 10.6 Å². The Bertz CT molecular complexity index is 528. The van der Waals surface area contributed by atoms with Gasteiger partial charge in [-0.3, -0.25) is 9.79 Å². The number of ether oxygens (including phenoxy) is 1. The maximum absolute atomic E-state index is 12.1. The summed E-state index contributed by atoms with van der Waals surface area (Å²) < 4.78 is 5.47. The lowest BCUT2D eigenvalue weighted by molar-refractivity contribution is -0.159. The molecular weight excluding hydrogens is 427 g/mol. The van der Waals surface area contributed by atoms with Crippen LogP contribution in [0.25, 0.3) is 0 Å².